The lowest BCUT2D eigenvalue weighted by Crippen LogP contribution is -2.56. The Morgan fingerprint density at radius 3 is 2.80 bits per heavy atom. The number of amides is 2. The Kier molecular flexibility index (Phi) is 7.83. The molecule has 4 aromatic rings. The van der Waals surface area contributed by atoms with Gasteiger partial charge in [0.2, 0.25) is 6.43 Å². The van der Waals surface area contributed by atoms with Gasteiger partial charge in [-0.2, -0.15) is 0 Å². The molecule has 7 rings (SSSR count). The Balaban J connectivity index is 1.27. The molecule has 1 aromatic heterocycles. The summed E-state index contributed by atoms with van der Waals surface area (Å²) in [5.74, 6) is 0.0104. The molecule has 0 aliphatic carbocycles. The van der Waals surface area contributed by atoms with Crippen molar-refractivity contribution < 1.29 is 42.3 Å². The highest BCUT2D eigenvalue weighted by Gasteiger charge is 2.52. The van der Waals surface area contributed by atoms with Gasteiger partial charge in [-0.1, -0.05) is 23.6 Å². The van der Waals surface area contributed by atoms with Crippen LogP contribution < -0.4 is 4.74 Å². The summed E-state index contributed by atoms with van der Waals surface area (Å²) in [4.78, 5) is 40.7. The molecule has 49 heavy (non-hydrogen) atoms. The van der Waals surface area contributed by atoms with E-state index in [0.29, 0.717) is 10.1 Å². The van der Waals surface area contributed by atoms with Gasteiger partial charge in [-0.15, -0.1) is 11.5 Å². The lowest BCUT2D eigenvalue weighted by molar-refractivity contribution is -0.391. The van der Waals surface area contributed by atoms with Crippen LogP contribution in [-0.4, -0.2) is 97.7 Å². The molecule has 17 heteroatoms. The summed E-state index contributed by atoms with van der Waals surface area (Å²) in [6.45, 7) is 0.00988. The SMILES string of the molecule is C#Cc1c(F)ccc2cc(O)cc(-c3c(CC(F)F)cc4c(c3Cl)OCC3CC5(CN(C(=O)n6nncc6[N+](=O)[O-])CCO5)CN3C4=O)c12. The summed E-state index contributed by atoms with van der Waals surface area (Å²) >= 11 is 6.91. The zero-order valence-electron chi connectivity index (χ0n) is 25.2. The van der Waals surface area contributed by atoms with Gasteiger partial charge in [-0.25, -0.2) is 18.0 Å². The predicted octanol–water partition coefficient (Wildman–Crippen LogP) is 4.64. The second-order valence-electron chi connectivity index (χ2n) is 12.0. The molecular formula is C32H24ClF3N6O7. The number of fused-ring (bicyclic) bond motifs is 3. The fourth-order valence-corrected chi connectivity index (χ4v) is 7.36. The molecule has 2 fully saturated rings. The minimum Gasteiger partial charge on any atom is -0.508 e. The van der Waals surface area contributed by atoms with Gasteiger partial charge in [0.1, 0.15) is 30.0 Å². The van der Waals surface area contributed by atoms with E-state index in [1.807, 2.05) is 0 Å². The number of nitrogens with zero attached hydrogens (tertiary/aromatic N) is 6. The van der Waals surface area contributed by atoms with Crippen LogP contribution in [0.15, 0.2) is 36.5 Å². The first-order chi connectivity index (χ1) is 23.4. The zero-order valence-corrected chi connectivity index (χ0v) is 26.0. The fraction of sp³-hybridized carbons (Fsp3) is 0.312. The summed E-state index contributed by atoms with van der Waals surface area (Å²) in [5, 5.41) is 29.2. The number of hydrogen-bond donors (Lipinski definition) is 1. The molecule has 4 heterocycles. The molecule has 252 valence electrons. The number of ether oxygens (including phenoxy) is 2. The second-order valence-corrected chi connectivity index (χ2v) is 12.3. The van der Waals surface area contributed by atoms with Gasteiger partial charge in [0.15, 0.2) is 5.75 Å². The average molecular weight is 697 g/mol. The van der Waals surface area contributed by atoms with Crippen molar-refractivity contribution >= 4 is 40.1 Å². The molecule has 2 unspecified atom stereocenters. The third-order valence-corrected chi connectivity index (χ3v) is 9.34. The summed E-state index contributed by atoms with van der Waals surface area (Å²) in [5.41, 5.74) is -1.32. The lowest BCUT2D eigenvalue weighted by atomic mass is 9.89. The first kappa shape index (κ1) is 32.2. The number of phenols is 1. The van der Waals surface area contributed by atoms with Crippen molar-refractivity contribution in [3.63, 3.8) is 0 Å². The minimum atomic E-state index is -2.88. The quantitative estimate of drug-likeness (QED) is 0.183. The Morgan fingerprint density at radius 2 is 2.06 bits per heavy atom. The molecule has 13 nitrogen and oxygen atoms in total. The summed E-state index contributed by atoms with van der Waals surface area (Å²) in [7, 11) is 0. The number of nitro groups is 1. The van der Waals surface area contributed by atoms with E-state index >= 15 is 0 Å². The van der Waals surface area contributed by atoms with Gasteiger partial charge < -0.3 is 29.6 Å². The highest BCUT2D eigenvalue weighted by Crippen LogP contribution is 2.48. The molecule has 2 atom stereocenters. The van der Waals surface area contributed by atoms with E-state index in [1.165, 1.54) is 34.1 Å². The number of phenolic OH excluding ortho intramolecular Hbond substituents is 1. The Hall–Kier alpha value is -5.40. The van der Waals surface area contributed by atoms with Crippen molar-refractivity contribution in [2.75, 3.05) is 32.8 Å². The molecule has 1 spiro atoms. The number of rotatable bonds is 4. The zero-order chi connectivity index (χ0) is 34.8. The maximum Gasteiger partial charge on any atom is 0.439 e. The van der Waals surface area contributed by atoms with Crippen molar-refractivity contribution in [2.45, 2.75) is 30.9 Å². The van der Waals surface area contributed by atoms with Crippen LogP contribution in [0.4, 0.5) is 23.8 Å². The van der Waals surface area contributed by atoms with Crippen molar-refractivity contribution in [3.8, 4) is 35.0 Å². The normalized spacial score (nSPS) is 20.2. The maximum atomic E-state index is 14.9. The van der Waals surface area contributed by atoms with Gasteiger partial charge in [-0.3, -0.25) is 9.69 Å². The number of carbonyl (C=O) groups excluding carboxylic acids is 2. The number of terminal acetylenes is 1. The fourth-order valence-electron chi connectivity index (χ4n) is 6.98. The number of aromatic nitrogens is 3. The van der Waals surface area contributed by atoms with Crippen LogP contribution in [0, 0.1) is 28.3 Å². The molecule has 3 aliphatic heterocycles. The molecule has 1 N–H and O–H groups in total. The second kappa shape index (κ2) is 11.9. The number of benzene rings is 3. The van der Waals surface area contributed by atoms with Crippen LogP contribution in [0.25, 0.3) is 21.9 Å². The summed E-state index contributed by atoms with van der Waals surface area (Å²) in [6.07, 6.45) is 2.96. The monoisotopic (exact) mass is 696 g/mol. The van der Waals surface area contributed by atoms with Crippen molar-refractivity contribution in [1.82, 2.24) is 24.8 Å². The molecule has 3 aromatic carbocycles. The smallest absolute Gasteiger partial charge is 0.439 e. The molecule has 0 bridgehead atoms. The number of aromatic hydroxyl groups is 1. The standard InChI is InChI=1S/C32H24ClF3N6O7/c1-2-20-23(34)4-3-16-7-19(43)10-21(26(16)20)27-17(9-24(35)36)8-22-29(28(27)33)48-13-18-11-32(15-40(18)30(22)44)14-39(5-6-49-32)31(45)41-25(42(46)47)12-37-38-41/h1,3-4,7-8,10,12,18,24,43H,5-6,9,11,13-15H2. The summed E-state index contributed by atoms with van der Waals surface area (Å²) < 4.78 is 55.9. The first-order valence-electron chi connectivity index (χ1n) is 14.9. The highest BCUT2D eigenvalue weighted by molar-refractivity contribution is 6.36. The van der Waals surface area contributed by atoms with Gasteiger partial charge in [0, 0.05) is 35.5 Å². The molecule has 2 amide bonds. The number of halogens is 4. The van der Waals surface area contributed by atoms with Crippen LogP contribution in [0.2, 0.25) is 5.02 Å². The van der Waals surface area contributed by atoms with Gasteiger partial charge in [0.25, 0.3) is 5.91 Å². The van der Waals surface area contributed by atoms with E-state index in [4.69, 9.17) is 27.5 Å². The van der Waals surface area contributed by atoms with E-state index in [-0.39, 0.29) is 89.0 Å². The topological polar surface area (TPSA) is 153 Å². The van der Waals surface area contributed by atoms with Gasteiger partial charge in [-0.05, 0) is 50.4 Å². The van der Waals surface area contributed by atoms with Gasteiger partial charge in [0.05, 0.1) is 41.9 Å². The molecule has 0 saturated carbocycles. The number of alkyl halides is 2. The molecular weight excluding hydrogens is 673 g/mol. The van der Waals surface area contributed by atoms with E-state index < -0.39 is 53.0 Å². The Bertz CT molecular complexity index is 2120. The molecule has 0 radical (unpaired) electrons. The Morgan fingerprint density at radius 1 is 1.27 bits per heavy atom. The third-order valence-electron chi connectivity index (χ3n) is 8.98. The van der Waals surface area contributed by atoms with Crippen LogP contribution >= 0.6 is 11.6 Å². The number of hydrogen-bond acceptors (Lipinski definition) is 9. The maximum absolute atomic E-state index is 14.9. The minimum absolute atomic E-state index is 0.00187. The largest absolute Gasteiger partial charge is 0.508 e. The molecule has 2 saturated heterocycles. The predicted molar refractivity (Wildman–Crippen MR) is 166 cm³/mol. The number of carbonyl (C=O) groups is 2. The van der Waals surface area contributed by atoms with Crippen LogP contribution in [-0.2, 0) is 11.2 Å². The highest BCUT2D eigenvalue weighted by atomic mass is 35.5. The molecule has 3 aliphatic rings. The van der Waals surface area contributed by atoms with E-state index in [0.717, 1.165) is 12.3 Å². The van der Waals surface area contributed by atoms with Crippen molar-refractivity contribution in [2.24, 2.45) is 0 Å². The van der Waals surface area contributed by atoms with Crippen LogP contribution in [0.1, 0.15) is 27.9 Å². The third kappa shape index (κ3) is 5.35. The van der Waals surface area contributed by atoms with Crippen LogP contribution in [0.5, 0.6) is 11.5 Å². The first-order valence-corrected chi connectivity index (χ1v) is 15.3. The van der Waals surface area contributed by atoms with E-state index in [9.17, 15) is 38.0 Å². The van der Waals surface area contributed by atoms with Crippen molar-refractivity contribution in [1.29, 1.82) is 0 Å². The van der Waals surface area contributed by atoms with Gasteiger partial charge >= 0.3 is 11.8 Å². The Labute approximate surface area is 279 Å². The number of morpholine rings is 1. The summed E-state index contributed by atoms with van der Waals surface area (Å²) in [6, 6.07) is 4.98. The van der Waals surface area contributed by atoms with E-state index in [1.54, 1.807) is 0 Å². The average Bonchev–Trinajstić information content (AvgIpc) is 3.66. The van der Waals surface area contributed by atoms with Crippen LogP contribution in [0.3, 0.4) is 0 Å². The lowest BCUT2D eigenvalue weighted by Gasteiger charge is -2.39. The van der Waals surface area contributed by atoms with E-state index in [2.05, 4.69) is 16.2 Å². The van der Waals surface area contributed by atoms with Crippen molar-refractivity contribution in [3.05, 3.63) is 74.2 Å².